The fourth-order valence-electron chi connectivity index (χ4n) is 3.66. The number of carbonyl (C=O) groups excluding carboxylic acids is 1. The van der Waals surface area contributed by atoms with E-state index in [1.807, 2.05) is 73.9 Å². The highest BCUT2D eigenvalue weighted by Crippen LogP contribution is 2.20. The summed E-state index contributed by atoms with van der Waals surface area (Å²) in [4.78, 5) is 20.7. The Kier molecular flexibility index (Phi) is 6.20. The summed E-state index contributed by atoms with van der Waals surface area (Å²) in [6.45, 7) is 2.59. The van der Waals surface area contributed by atoms with Gasteiger partial charge in [0.1, 0.15) is 0 Å². The average Bonchev–Trinajstić information content (AvgIpc) is 3.20. The normalized spacial score (nSPS) is 13.1. The number of carbonyl (C=O) groups is 1. The Bertz CT molecular complexity index is 1090. The number of aromatic amines is 1. The highest BCUT2D eigenvalue weighted by Gasteiger charge is 2.22. The summed E-state index contributed by atoms with van der Waals surface area (Å²) in [7, 11) is 0. The monoisotopic (exact) mass is 398 g/mol. The molecule has 0 aliphatic carbocycles. The van der Waals surface area contributed by atoms with Crippen LogP contribution in [0.5, 0.6) is 0 Å². The maximum Gasteiger partial charge on any atom is 0.237 e. The smallest absolute Gasteiger partial charge is 0.237 e. The fraction of sp³-hybridized carbons (Fsp3) is 0.200. The molecule has 2 aromatic carbocycles. The van der Waals surface area contributed by atoms with Gasteiger partial charge in [0.2, 0.25) is 5.91 Å². The van der Waals surface area contributed by atoms with Gasteiger partial charge < -0.3 is 15.6 Å². The molecule has 0 spiro atoms. The van der Waals surface area contributed by atoms with Crippen LogP contribution in [0.15, 0.2) is 85.3 Å². The van der Waals surface area contributed by atoms with Crippen molar-refractivity contribution in [3.8, 4) is 0 Å². The molecule has 0 aliphatic rings. The van der Waals surface area contributed by atoms with Gasteiger partial charge in [-0.15, -0.1) is 0 Å². The molecule has 5 nitrogen and oxygen atoms in total. The molecular weight excluding hydrogens is 372 g/mol. The summed E-state index contributed by atoms with van der Waals surface area (Å²) in [6, 6.07) is 21.7. The minimum atomic E-state index is -0.365. The number of H-pyrrole nitrogens is 1. The summed E-state index contributed by atoms with van der Waals surface area (Å²) in [5, 5.41) is 7.74. The second-order valence-electron chi connectivity index (χ2n) is 7.50. The van der Waals surface area contributed by atoms with Crippen LogP contribution >= 0.6 is 0 Å². The number of pyridine rings is 1. The number of benzene rings is 2. The van der Waals surface area contributed by atoms with Crippen molar-refractivity contribution in [2.75, 3.05) is 0 Å². The predicted octanol–water partition coefficient (Wildman–Crippen LogP) is 4.14. The molecule has 2 aromatic heterocycles. The third-order valence-electron chi connectivity index (χ3n) is 5.35. The topological polar surface area (TPSA) is 69.8 Å². The van der Waals surface area contributed by atoms with Crippen molar-refractivity contribution in [1.82, 2.24) is 20.6 Å². The molecule has 152 valence electrons. The Morgan fingerprint density at radius 2 is 1.83 bits per heavy atom. The Hall–Kier alpha value is -3.44. The van der Waals surface area contributed by atoms with Crippen molar-refractivity contribution in [2.24, 2.45) is 0 Å². The quantitative estimate of drug-likeness (QED) is 0.418. The van der Waals surface area contributed by atoms with Crippen LogP contribution in [0.3, 0.4) is 0 Å². The molecule has 0 saturated carbocycles. The van der Waals surface area contributed by atoms with Gasteiger partial charge in [-0.05, 0) is 42.2 Å². The zero-order valence-electron chi connectivity index (χ0n) is 17.0. The highest BCUT2D eigenvalue weighted by atomic mass is 16.2. The molecule has 2 unspecified atom stereocenters. The number of para-hydroxylation sites is 1. The molecule has 3 N–H and O–H groups in total. The van der Waals surface area contributed by atoms with Gasteiger partial charge in [0, 0.05) is 36.0 Å². The number of nitrogens with zero attached hydrogens (tertiary/aromatic N) is 1. The molecule has 0 saturated heterocycles. The Labute approximate surface area is 176 Å². The minimum absolute atomic E-state index is 0.0134. The van der Waals surface area contributed by atoms with E-state index in [-0.39, 0.29) is 18.0 Å². The number of hydrogen-bond donors (Lipinski definition) is 3. The standard InChI is InChI=1S/C25H26N4O/c1-18(20-9-3-2-4-10-20)29-25(30)24(27-16-19-8-7-13-26-15-19)14-21-17-28-23-12-6-5-11-22(21)23/h2-13,15,17-18,24,27-28H,14,16H2,1H3,(H,29,30). The van der Waals surface area contributed by atoms with Crippen LogP contribution in [0.4, 0.5) is 0 Å². The van der Waals surface area contributed by atoms with Gasteiger partial charge in [0.05, 0.1) is 12.1 Å². The molecule has 2 atom stereocenters. The number of aromatic nitrogens is 2. The van der Waals surface area contributed by atoms with Gasteiger partial charge in [-0.25, -0.2) is 0 Å². The number of fused-ring (bicyclic) bond motifs is 1. The average molecular weight is 399 g/mol. The van der Waals surface area contributed by atoms with E-state index in [1.165, 1.54) is 0 Å². The van der Waals surface area contributed by atoms with Crippen LogP contribution in [0.2, 0.25) is 0 Å². The highest BCUT2D eigenvalue weighted by molar-refractivity contribution is 5.86. The van der Waals surface area contributed by atoms with Crippen LogP contribution in [-0.4, -0.2) is 21.9 Å². The maximum absolute atomic E-state index is 13.2. The second kappa shape index (κ2) is 9.37. The van der Waals surface area contributed by atoms with Crippen LogP contribution < -0.4 is 10.6 Å². The second-order valence-corrected chi connectivity index (χ2v) is 7.50. The summed E-state index contributed by atoms with van der Waals surface area (Å²) >= 11 is 0. The van der Waals surface area contributed by atoms with Gasteiger partial charge in [-0.2, -0.15) is 0 Å². The molecule has 2 heterocycles. The maximum atomic E-state index is 13.2. The van der Waals surface area contributed by atoms with Crippen LogP contribution in [-0.2, 0) is 17.8 Å². The largest absolute Gasteiger partial charge is 0.361 e. The molecule has 4 aromatic rings. The zero-order valence-corrected chi connectivity index (χ0v) is 17.0. The van der Waals surface area contributed by atoms with Crippen LogP contribution in [0.25, 0.3) is 10.9 Å². The SMILES string of the molecule is CC(NC(=O)C(Cc1c[nH]c2ccccc12)NCc1cccnc1)c1ccccc1. The van der Waals surface area contributed by atoms with Crippen molar-refractivity contribution < 1.29 is 4.79 Å². The van der Waals surface area contributed by atoms with Gasteiger partial charge in [-0.3, -0.25) is 9.78 Å². The third-order valence-corrected chi connectivity index (χ3v) is 5.35. The Balaban J connectivity index is 1.52. The predicted molar refractivity (Wildman–Crippen MR) is 120 cm³/mol. The van der Waals surface area contributed by atoms with E-state index in [9.17, 15) is 4.79 Å². The van der Waals surface area contributed by atoms with E-state index in [0.717, 1.165) is 27.6 Å². The lowest BCUT2D eigenvalue weighted by Gasteiger charge is -2.22. The summed E-state index contributed by atoms with van der Waals surface area (Å²) in [5.74, 6) is -0.0134. The molecule has 4 rings (SSSR count). The van der Waals surface area contributed by atoms with E-state index in [2.05, 4.69) is 32.7 Å². The first-order valence-corrected chi connectivity index (χ1v) is 10.2. The molecule has 5 heteroatoms. The van der Waals surface area contributed by atoms with Crippen molar-refractivity contribution in [3.05, 3.63) is 102 Å². The molecule has 0 bridgehead atoms. The van der Waals surface area contributed by atoms with Gasteiger partial charge >= 0.3 is 0 Å². The lowest BCUT2D eigenvalue weighted by molar-refractivity contribution is -0.123. The molecule has 1 amide bonds. The molecular formula is C25H26N4O. The van der Waals surface area contributed by atoms with Crippen molar-refractivity contribution >= 4 is 16.8 Å². The molecule has 30 heavy (non-hydrogen) atoms. The first-order valence-electron chi connectivity index (χ1n) is 10.2. The lowest BCUT2D eigenvalue weighted by Crippen LogP contribution is -2.46. The van der Waals surface area contributed by atoms with Crippen molar-refractivity contribution in [3.63, 3.8) is 0 Å². The van der Waals surface area contributed by atoms with E-state index in [0.29, 0.717) is 13.0 Å². The number of nitrogens with one attached hydrogen (secondary N) is 3. The van der Waals surface area contributed by atoms with Gasteiger partial charge in [0.15, 0.2) is 0 Å². The van der Waals surface area contributed by atoms with E-state index < -0.39 is 0 Å². The molecule has 0 fully saturated rings. The zero-order chi connectivity index (χ0) is 20.8. The Morgan fingerprint density at radius 3 is 2.63 bits per heavy atom. The van der Waals surface area contributed by atoms with Gasteiger partial charge in [0.25, 0.3) is 0 Å². The Morgan fingerprint density at radius 1 is 1.03 bits per heavy atom. The number of rotatable bonds is 8. The first-order chi connectivity index (χ1) is 14.7. The fourth-order valence-corrected chi connectivity index (χ4v) is 3.66. The molecule has 0 radical (unpaired) electrons. The summed E-state index contributed by atoms with van der Waals surface area (Å²) < 4.78 is 0. The van der Waals surface area contributed by atoms with Crippen molar-refractivity contribution in [2.45, 2.75) is 32.0 Å². The van der Waals surface area contributed by atoms with E-state index in [1.54, 1.807) is 6.20 Å². The molecule has 0 aliphatic heterocycles. The third kappa shape index (κ3) is 4.75. The first kappa shape index (κ1) is 19.9. The minimum Gasteiger partial charge on any atom is -0.361 e. The van der Waals surface area contributed by atoms with Gasteiger partial charge in [-0.1, -0.05) is 54.6 Å². The summed E-state index contributed by atoms with van der Waals surface area (Å²) in [5.41, 5.74) is 4.34. The number of amides is 1. The lowest BCUT2D eigenvalue weighted by atomic mass is 10.0. The van der Waals surface area contributed by atoms with E-state index in [4.69, 9.17) is 0 Å². The summed E-state index contributed by atoms with van der Waals surface area (Å²) in [6.07, 6.45) is 6.16. The van der Waals surface area contributed by atoms with Crippen LogP contribution in [0.1, 0.15) is 29.7 Å². The van der Waals surface area contributed by atoms with E-state index >= 15 is 0 Å². The van der Waals surface area contributed by atoms with Crippen LogP contribution in [0, 0.1) is 0 Å². The van der Waals surface area contributed by atoms with Crippen molar-refractivity contribution in [1.29, 1.82) is 0 Å². The number of hydrogen-bond acceptors (Lipinski definition) is 3.